The Morgan fingerprint density at radius 1 is 1.78 bits per heavy atom. The van der Waals surface area contributed by atoms with Gasteiger partial charge in [-0.25, -0.2) is 4.99 Å². The van der Waals surface area contributed by atoms with Gasteiger partial charge in [0.15, 0.2) is 0 Å². The standard InChI is InChI=1S/C5H9NOS2/c1-2-3-9(7)5-6-4-8/h2-3,5H2,1H3. The van der Waals surface area contributed by atoms with Gasteiger partial charge in [0.2, 0.25) is 0 Å². The molecule has 0 aromatic heterocycles. The summed E-state index contributed by atoms with van der Waals surface area (Å²) in [5.41, 5.74) is 0. The average molecular weight is 163 g/mol. The Balaban J connectivity index is 3.38. The van der Waals surface area contributed by atoms with Gasteiger partial charge in [-0.15, -0.1) is 0 Å². The zero-order valence-electron chi connectivity index (χ0n) is 5.29. The molecule has 0 aliphatic heterocycles. The van der Waals surface area contributed by atoms with Crippen LogP contribution in [-0.2, 0) is 10.8 Å². The summed E-state index contributed by atoms with van der Waals surface area (Å²) in [6.45, 7) is 1.99. The van der Waals surface area contributed by atoms with Gasteiger partial charge >= 0.3 is 0 Å². The van der Waals surface area contributed by atoms with E-state index in [-0.39, 0.29) is 0 Å². The summed E-state index contributed by atoms with van der Waals surface area (Å²) in [7, 11) is -0.816. The predicted molar refractivity (Wildman–Crippen MR) is 43.2 cm³/mol. The van der Waals surface area contributed by atoms with Gasteiger partial charge in [0.25, 0.3) is 0 Å². The monoisotopic (exact) mass is 163 g/mol. The molecule has 4 heteroatoms. The van der Waals surface area contributed by atoms with Crippen LogP contribution in [0.3, 0.4) is 0 Å². The van der Waals surface area contributed by atoms with Crippen LogP contribution in [0.1, 0.15) is 13.3 Å². The van der Waals surface area contributed by atoms with Gasteiger partial charge in [-0.1, -0.05) is 6.92 Å². The van der Waals surface area contributed by atoms with Crippen LogP contribution < -0.4 is 0 Å². The Kier molecular flexibility index (Phi) is 6.04. The van der Waals surface area contributed by atoms with Gasteiger partial charge in [0, 0.05) is 16.6 Å². The van der Waals surface area contributed by atoms with Crippen molar-refractivity contribution >= 4 is 28.2 Å². The summed E-state index contributed by atoms with van der Waals surface area (Å²) < 4.78 is 10.7. The van der Waals surface area contributed by atoms with E-state index in [1.165, 1.54) is 0 Å². The van der Waals surface area contributed by atoms with E-state index in [4.69, 9.17) is 0 Å². The molecule has 0 aromatic rings. The van der Waals surface area contributed by atoms with Crippen molar-refractivity contribution in [3.8, 4) is 0 Å². The summed E-state index contributed by atoms with van der Waals surface area (Å²) in [4.78, 5) is 3.55. The highest BCUT2D eigenvalue weighted by Gasteiger charge is 1.92. The van der Waals surface area contributed by atoms with Crippen LogP contribution in [0.25, 0.3) is 0 Å². The van der Waals surface area contributed by atoms with Gasteiger partial charge in [-0.05, 0) is 18.6 Å². The van der Waals surface area contributed by atoms with Crippen molar-refractivity contribution in [1.29, 1.82) is 0 Å². The second kappa shape index (κ2) is 6.08. The lowest BCUT2D eigenvalue weighted by molar-refractivity contribution is 0.682. The topological polar surface area (TPSA) is 29.4 Å². The third kappa shape index (κ3) is 5.83. The minimum atomic E-state index is -0.816. The number of hydrogen-bond acceptors (Lipinski definition) is 3. The van der Waals surface area contributed by atoms with Crippen molar-refractivity contribution in [2.75, 3.05) is 11.6 Å². The fourth-order valence-corrected chi connectivity index (χ4v) is 1.33. The second-order valence-electron chi connectivity index (χ2n) is 1.52. The van der Waals surface area contributed by atoms with E-state index < -0.39 is 10.8 Å². The molecular weight excluding hydrogens is 154 g/mol. The fourth-order valence-electron chi connectivity index (χ4n) is 0.391. The summed E-state index contributed by atoms with van der Waals surface area (Å²) in [5.74, 6) is 1.03. The quantitative estimate of drug-likeness (QED) is 0.460. The maximum Gasteiger partial charge on any atom is 0.124 e. The summed E-state index contributed by atoms with van der Waals surface area (Å²) in [6.07, 6.45) is 0.930. The molecule has 0 amide bonds. The van der Waals surface area contributed by atoms with Crippen molar-refractivity contribution in [1.82, 2.24) is 0 Å². The molecule has 0 fully saturated rings. The first-order chi connectivity index (χ1) is 4.31. The van der Waals surface area contributed by atoms with Crippen LogP contribution in [-0.4, -0.2) is 21.0 Å². The summed E-state index contributed by atoms with van der Waals surface area (Å²) in [6, 6.07) is 0. The molecule has 52 valence electrons. The Bertz CT molecular complexity index is 140. The van der Waals surface area contributed by atoms with E-state index in [1.54, 1.807) is 0 Å². The third-order valence-electron chi connectivity index (χ3n) is 0.705. The molecule has 0 N–H and O–H groups in total. The van der Waals surface area contributed by atoms with Gasteiger partial charge in [0.1, 0.15) is 5.88 Å². The Morgan fingerprint density at radius 3 is 2.89 bits per heavy atom. The largest absolute Gasteiger partial charge is 0.258 e. The van der Waals surface area contributed by atoms with Crippen LogP contribution in [0.2, 0.25) is 0 Å². The van der Waals surface area contributed by atoms with Crippen molar-refractivity contribution in [2.45, 2.75) is 13.3 Å². The first kappa shape index (κ1) is 8.95. The van der Waals surface area contributed by atoms with E-state index >= 15 is 0 Å². The molecule has 0 spiro atoms. The van der Waals surface area contributed by atoms with E-state index in [9.17, 15) is 4.21 Å². The molecule has 0 radical (unpaired) electrons. The molecule has 1 unspecified atom stereocenters. The lowest BCUT2D eigenvalue weighted by Gasteiger charge is -1.90. The number of nitrogens with zero attached hydrogens (tertiary/aromatic N) is 1. The van der Waals surface area contributed by atoms with Crippen LogP contribution in [0.15, 0.2) is 4.99 Å². The second-order valence-corrected chi connectivity index (χ2v) is 3.25. The molecule has 0 rings (SSSR count). The van der Waals surface area contributed by atoms with E-state index in [0.29, 0.717) is 11.6 Å². The predicted octanol–water partition coefficient (Wildman–Crippen LogP) is 1.21. The van der Waals surface area contributed by atoms with Crippen LogP contribution in [0.4, 0.5) is 0 Å². The fraction of sp³-hybridized carbons (Fsp3) is 0.800. The highest BCUT2D eigenvalue weighted by Crippen LogP contribution is 1.85. The zero-order valence-corrected chi connectivity index (χ0v) is 6.93. The lowest BCUT2D eigenvalue weighted by Crippen LogP contribution is -1.98. The number of rotatable bonds is 4. The molecule has 0 aromatic carbocycles. The van der Waals surface area contributed by atoms with Crippen molar-refractivity contribution in [3.05, 3.63) is 0 Å². The maximum atomic E-state index is 10.7. The van der Waals surface area contributed by atoms with E-state index in [0.717, 1.165) is 6.42 Å². The van der Waals surface area contributed by atoms with Gasteiger partial charge < -0.3 is 0 Å². The molecule has 0 saturated heterocycles. The van der Waals surface area contributed by atoms with Gasteiger partial charge in [0.05, 0.1) is 5.16 Å². The van der Waals surface area contributed by atoms with E-state index in [2.05, 4.69) is 22.4 Å². The lowest BCUT2D eigenvalue weighted by atomic mass is 10.6. The van der Waals surface area contributed by atoms with Gasteiger partial charge in [-0.2, -0.15) is 0 Å². The summed E-state index contributed by atoms with van der Waals surface area (Å²) in [5, 5.41) is 2.17. The number of thiocarbonyl (C=S) groups is 1. The molecule has 9 heavy (non-hydrogen) atoms. The average Bonchev–Trinajstić information content (AvgIpc) is 1.85. The number of isothiocyanates is 1. The number of hydrogen-bond donors (Lipinski definition) is 0. The molecule has 0 saturated carbocycles. The van der Waals surface area contributed by atoms with Crippen LogP contribution >= 0.6 is 12.2 Å². The third-order valence-corrected chi connectivity index (χ3v) is 2.11. The van der Waals surface area contributed by atoms with Crippen molar-refractivity contribution in [2.24, 2.45) is 4.99 Å². The minimum absolute atomic E-state index is 0.317. The van der Waals surface area contributed by atoms with Gasteiger partial charge in [-0.3, -0.25) is 4.21 Å². The highest BCUT2D eigenvalue weighted by atomic mass is 32.2. The highest BCUT2D eigenvalue weighted by molar-refractivity contribution is 7.85. The first-order valence-electron chi connectivity index (χ1n) is 2.70. The Morgan fingerprint density at radius 2 is 2.44 bits per heavy atom. The molecule has 1 atom stereocenters. The molecule has 0 aliphatic carbocycles. The number of aliphatic imine (C=N–C) groups is 1. The van der Waals surface area contributed by atoms with E-state index in [1.807, 2.05) is 6.92 Å². The molecule has 0 aliphatic rings. The Hall–Kier alpha value is -0.0500. The van der Waals surface area contributed by atoms with Crippen molar-refractivity contribution < 1.29 is 4.21 Å². The molecule has 0 heterocycles. The van der Waals surface area contributed by atoms with Crippen LogP contribution in [0, 0.1) is 0 Å². The maximum absolute atomic E-state index is 10.7. The Labute approximate surface area is 62.8 Å². The SMILES string of the molecule is CCCS(=O)CN=C=S. The molecular formula is C5H9NOS2. The van der Waals surface area contributed by atoms with Crippen LogP contribution in [0.5, 0.6) is 0 Å². The molecule has 2 nitrogen and oxygen atoms in total. The summed E-state index contributed by atoms with van der Waals surface area (Å²) >= 11 is 4.30. The van der Waals surface area contributed by atoms with Crippen molar-refractivity contribution in [3.63, 3.8) is 0 Å². The minimum Gasteiger partial charge on any atom is -0.258 e. The smallest absolute Gasteiger partial charge is 0.124 e. The normalized spacial score (nSPS) is 12.1. The zero-order chi connectivity index (χ0) is 7.11. The molecule has 0 bridgehead atoms. The first-order valence-corrected chi connectivity index (χ1v) is 4.59.